The summed E-state index contributed by atoms with van der Waals surface area (Å²) in [5.74, 6) is 0.984. The number of hydrogen-bond donors (Lipinski definition) is 1. The van der Waals surface area contributed by atoms with E-state index in [0.717, 1.165) is 5.92 Å². The van der Waals surface area contributed by atoms with Crippen LogP contribution in [0, 0.1) is 5.92 Å². The molecular formula is C19H31NS. The summed E-state index contributed by atoms with van der Waals surface area (Å²) in [7, 11) is 0. The lowest BCUT2D eigenvalue weighted by molar-refractivity contribution is 0.393. The smallest absolute Gasteiger partial charge is 0.0294 e. The third kappa shape index (κ3) is 5.34. The SMILES string of the molecule is CCCC1CCCC(NC(C)c2ccc(SC)cc2)CC1. The molecule has 1 aromatic carbocycles. The molecule has 2 rings (SSSR count). The lowest BCUT2D eigenvalue weighted by Gasteiger charge is -2.23. The highest BCUT2D eigenvalue weighted by Crippen LogP contribution is 2.28. The molecule has 0 radical (unpaired) electrons. The summed E-state index contributed by atoms with van der Waals surface area (Å²) in [5.41, 5.74) is 1.42. The molecule has 0 aromatic heterocycles. The molecule has 0 aliphatic heterocycles. The summed E-state index contributed by atoms with van der Waals surface area (Å²) >= 11 is 1.81. The Balaban J connectivity index is 1.85. The minimum atomic E-state index is 0.466. The Labute approximate surface area is 135 Å². The van der Waals surface area contributed by atoms with Crippen LogP contribution in [0.25, 0.3) is 0 Å². The Morgan fingerprint density at radius 3 is 2.57 bits per heavy atom. The van der Waals surface area contributed by atoms with Gasteiger partial charge < -0.3 is 5.32 Å². The van der Waals surface area contributed by atoms with Crippen LogP contribution in [0.3, 0.4) is 0 Å². The minimum absolute atomic E-state index is 0.466. The van der Waals surface area contributed by atoms with Crippen molar-refractivity contribution in [3.05, 3.63) is 29.8 Å². The zero-order chi connectivity index (χ0) is 15.1. The number of rotatable bonds is 6. The number of thioether (sulfide) groups is 1. The number of benzene rings is 1. The molecule has 1 aromatic rings. The van der Waals surface area contributed by atoms with Crippen molar-refractivity contribution in [2.24, 2.45) is 5.92 Å². The van der Waals surface area contributed by atoms with E-state index < -0.39 is 0 Å². The first kappa shape index (κ1) is 16.9. The van der Waals surface area contributed by atoms with Gasteiger partial charge in [0, 0.05) is 17.0 Å². The third-order valence-corrected chi connectivity index (χ3v) is 5.63. The predicted octanol–water partition coefficient (Wildman–Crippen LogP) is 5.81. The van der Waals surface area contributed by atoms with Gasteiger partial charge in [-0.1, -0.05) is 44.7 Å². The quantitative estimate of drug-likeness (QED) is 0.526. The van der Waals surface area contributed by atoms with Crippen molar-refractivity contribution in [2.75, 3.05) is 6.26 Å². The van der Waals surface area contributed by atoms with Crippen molar-refractivity contribution in [1.82, 2.24) is 5.32 Å². The van der Waals surface area contributed by atoms with Crippen molar-refractivity contribution >= 4 is 11.8 Å². The van der Waals surface area contributed by atoms with Crippen molar-refractivity contribution in [3.8, 4) is 0 Å². The highest BCUT2D eigenvalue weighted by atomic mass is 32.2. The molecule has 1 saturated carbocycles. The van der Waals surface area contributed by atoms with Crippen molar-refractivity contribution in [2.45, 2.75) is 75.8 Å². The molecule has 0 amide bonds. The molecule has 0 bridgehead atoms. The molecule has 0 saturated heterocycles. The van der Waals surface area contributed by atoms with Gasteiger partial charge in [-0.05, 0) is 56.1 Å². The maximum atomic E-state index is 3.87. The first-order valence-corrected chi connectivity index (χ1v) is 9.85. The van der Waals surface area contributed by atoms with E-state index in [1.54, 1.807) is 0 Å². The van der Waals surface area contributed by atoms with Gasteiger partial charge in [0.25, 0.3) is 0 Å². The van der Waals surface area contributed by atoms with Gasteiger partial charge in [-0.25, -0.2) is 0 Å². The molecule has 1 nitrogen and oxygen atoms in total. The Hall–Kier alpha value is -0.470. The fourth-order valence-corrected chi connectivity index (χ4v) is 3.99. The molecule has 1 aliphatic rings. The average Bonchev–Trinajstić information content (AvgIpc) is 2.73. The van der Waals surface area contributed by atoms with Gasteiger partial charge in [0.1, 0.15) is 0 Å². The normalized spacial score (nSPS) is 24.5. The topological polar surface area (TPSA) is 12.0 Å². The van der Waals surface area contributed by atoms with Crippen molar-refractivity contribution < 1.29 is 0 Å². The van der Waals surface area contributed by atoms with Crippen LogP contribution in [-0.2, 0) is 0 Å². The summed E-state index contributed by atoms with van der Waals surface area (Å²) in [5, 5.41) is 3.87. The van der Waals surface area contributed by atoms with Crippen LogP contribution < -0.4 is 5.32 Å². The van der Waals surface area contributed by atoms with Crippen molar-refractivity contribution in [1.29, 1.82) is 0 Å². The zero-order valence-corrected chi connectivity index (χ0v) is 14.7. The largest absolute Gasteiger partial charge is 0.307 e. The third-order valence-electron chi connectivity index (χ3n) is 4.89. The fraction of sp³-hybridized carbons (Fsp3) is 0.684. The van der Waals surface area contributed by atoms with E-state index in [2.05, 4.69) is 49.7 Å². The van der Waals surface area contributed by atoms with Crippen LogP contribution in [0.5, 0.6) is 0 Å². The van der Waals surface area contributed by atoms with Crippen LogP contribution in [0.1, 0.15) is 70.4 Å². The summed E-state index contributed by atoms with van der Waals surface area (Å²) in [6, 6.07) is 10.2. The molecule has 118 valence electrons. The first-order chi connectivity index (χ1) is 10.2. The van der Waals surface area contributed by atoms with Crippen LogP contribution >= 0.6 is 11.8 Å². The van der Waals surface area contributed by atoms with Gasteiger partial charge in [0.2, 0.25) is 0 Å². The highest BCUT2D eigenvalue weighted by molar-refractivity contribution is 7.98. The van der Waals surface area contributed by atoms with Crippen molar-refractivity contribution in [3.63, 3.8) is 0 Å². The Morgan fingerprint density at radius 1 is 1.14 bits per heavy atom. The summed E-state index contributed by atoms with van der Waals surface area (Å²) in [4.78, 5) is 1.35. The molecule has 1 aliphatic carbocycles. The zero-order valence-electron chi connectivity index (χ0n) is 13.9. The molecule has 3 unspecified atom stereocenters. The molecule has 1 fully saturated rings. The fourth-order valence-electron chi connectivity index (χ4n) is 3.58. The van der Waals surface area contributed by atoms with Gasteiger partial charge in [-0.15, -0.1) is 11.8 Å². The van der Waals surface area contributed by atoms with Gasteiger partial charge in [0.05, 0.1) is 0 Å². The molecule has 1 N–H and O–H groups in total. The van der Waals surface area contributed by atoms with E-state index in [9.17, 15) is 0 Å². The lowest BCUT2D eigenvalue weighted by atomic mass is 9.95. The maximum Gasteiger partial charge on any atom is 0.0294 e. The molecule has 0 spiro atoms. The lowest BCUT2D eigenvalue weighted by Crippen LogP contribution is -2.31. The predicted molar refractivity (Wildman–Crippen MR) is 95.0 cm³/mol. The van der Waals surface area contributed by atoms with E-state index in [0.29, 0.717) is 12.1 Å². The standard InChI is InChI=1S/C19H31NS/c1-4-6-16-7-5-8-18(12-9-16)20-15(2)17-10-13-19(21-3)14-11-17/h10-11,13-16,18,20H,4-9,12H2,1-3H3. The van der Waals surface area contributed by atoms with Gasteiger partial charge in [-0.3, -0.25) is 0 Å². The van der Waals surface area contributed by atoms with Crippen LogP contribution in [0.2, 0.25) is 0 Å². The van der Waals surface area contributed by atoms with E-state index in [4.69, 9.17) is 0 Å². The van der Waals surface area contributed by atoms with E-state index >= 15 is 0 Å². The first-order valence-electron chi connectivity index (χ1n) is 8.63. The second-order valence-electron chi connectivity index (χ2n) is 6.52. The monoisotopic (exact) mass is 305 g/mol. The number of hydrogen-bond acceptors (Lipinski definition) is 2. The average molecular weight is 306 g/mol. The molecule has 0 heterocycles. The van der Waals surface area contributed by atoms with E-state index in [1.807, 2.05) is 11.8 Å². The molecule has 3 atom stereocenters. The second-order valence-corrected chi connectivity index (χ2v) is 7.40. The van der Waals surface area contributed by atoms with Gasteiger partial charge in [0.15, 0.2) is 0 Å². The van der Waals surface area contributed by atoms with E-state index in [-0.39, 0.29) is 0 Å². The Bertz CT molecular complexity index is 401. The Morgan fingerprint density at radius 2 is 1.90 bits per heavy atom. The van der Waals surface area contributed by atoms with Crippen LogP contribution in [0.4, 0.5) is 0 Å². The van der Waals surface area contributed by atoms with Crippen LogP contribution in [0.15, 0.2) is 29.2 Å². The number of nitrogens with one attached hydrogen (secondary N) is 1. The van der Waals surface area contributed by atoms with E-state index in [1.165, 1.54) is 55.4 Å². The van der Waals surface area contributed by atoms with Gasteiger partial charge >= 0.3 is 0 Å². The Kier molecular flexibility index (Phi) is 7.12. The van der Waals surface area contributed by atoms with Crippen LogP contribution in [-0.4, -0.2) is 12.3 Å². The molecule has 21 heavy (non-hydrogen) atoms. The minimum Gasteiger partial charge on any atom is -0.307 e. The summed E-state index contributed by atoms with van der Waals surface area (Å²) in [6.07, 6.45) is 11.9. The summed E-state index contributed by atoms with van der Waals surface area (Å²) in [6.45, 7) is 4.63. The maximum absolute atomic E-state index is 3.87. The molecular weight excluding hydrogens is 274 g/mol. The highest BCUT2D eigenvalue weighted by Gasteiger charge is 2.19. The molecule has 2 heteroatoms. The second kappa shape index (κ2) is 8.85. The van der Waals surface area contributed by atoms with Gasteiger partial charge in [-0.2, -0.15) is 0 Å². The summed E-state index contributed by atoms with van der Waals surface area (Å²) < 4.78 is 0.